The molecule has 146 valence electrons. The minimum atomic E-state index is -3.86. The molecule has 0 atom stereocenters. The van der Waals surface area contributed by atoms with Gasteiger partial charge in [0.15, 0.2) is 5.16 Å². The van der Waals surface area contributed by atoms with Gasteiger partial charge in [0.05, 0.1) is 16.3 Å². The van der Waals surface area contributed by atoms with Crippen molar-refractivity contribution in [1.29, 1.82) is 0 Å². The molecular weight excluding hydrogens is 463 g/mol. The molecule has 0 saturated carbocycles. The summed E-state index contributed by atoms with van der Waals surface area (Å²) in [6.07, 6.45) is 1.13. The zero-order valence-electron chi connectivity index (χ0n) is 13.9. The van der Waals surface area contributed by atoms with Gasteiger partial charge in [-0.15, -0.1) is 11.3 Å². The maximum Gasteiger partial charge on any atom is 0.234 e. The molecule has 7 nitrogen and oxygen atoms in total. The second kappa shape index (κ2) is 8.66. The number of thiophene rings is 1. The predicted octanol–water partition coefficient (Wildman–Crippen LogP) is 3.99. The van der Waals surface area contributed by atoms with E-state index in [1.165, 1.54) is 12.1 Å². The summed E-state index contributed by atoms with van der Waals surface area (Å²) in [6, 6.07) is 9.62. The second-order valence-corrected chi connectivity index (χ2v) is 10.6. The van der Waals surface area contributed by atoms with Crippen molar-refractivity contribution in [1.82, 2.24) is 9.97 Å². The van der Waals surface area contributed by atoms with E-state index in [4.69, 9.17) is 28.9 Å². The molecule has 0 aliphatic rings. The van der Waals surface area contributed by atoms with E-state index >= 15 is 0 Å². The summed E-state index contributed by atoms with van der Waals surface area (Å²) in [4.78, 5) is 19.8. The molecule has 0 unspecified atom stereocenters. The summed E-state index contributed by atoms with van der Waals surface area (Å²) in [5.41, 5.74) is 6.38. The van der Waals surface area contributed by atoms with Crippen LogP contribution < -0.4 is 11.1 Å². The predicted molar refractivity (Wildman–Crippen MR) is 112 cm³/mol. The first-order valence-electron chi connectivity index (χ1n) is 7.57. The van der Waals surface area contributed by atoms with Crippen LogP contribution in [0.25, 0.3) is 0 Å². The monoisotopic (exact) mass is 474 g/mol. The second-order valence-electron chi connectivity index (χ2n) is 5.31. The first-order chi connectivity index (χ1) is 13.3. The molecular formula is C16H12Cl2N4O3S3. The van der Waals surface area contributed by atoms with Crippen molar-refractivity contribution in [3.63, 3.8) is 0 Å². The summed E-state index contributed by atoms with van der Waals surface area (Å²) in [7, 11) is -3.86. The smallest absolute Gasteiger partial charge is 0.234 e. The molecule has 0 bridgehead atoms. The number of hydrogen-bond donors (Lipinski definition) is 2. The third-order valence-electron chi connectivity index (χ3n) is 3.30. The topological polar surface area (TPSA) is 115 Å². The molecule has 12 heteroatoms. The summed E-state index contributed by atoms with van der Waals surface area (Å²) >= 11 is 13.6. The van der Waals surface area contributed by atoms with E-state index in [1.54, 1.807) is 24.3 Å². The number of hydrogen-bond acceptors (Lipinski definition) is 8. The van der Waals surface area contributed by atoms with Crippen molar-refractivity contribution in [2.24, 2.45) is 0 Å². The van der Waals surface area contributed by atoms with E-state index in [0.29, 0.717) is 15.0 Å². The first kappa shape index (κ1) is 20.9. The van der Waals surface area contributed by atoms with Crippen LogP contribution in [0, 0.1) is 0 Å². The largest absolute Gasteiger partial charge is 0.382 e. The minimum absolute atomic E-state index is 0.0125. The van der Waals surface area contributed by atoms with E-state index in [1.807, 2.05) is 0 Å². The average molecular weight is 475 g/mol. The Bertz CT molecular complexity index is 1140. The Morgan fingerprint density at radius 2 is 2.04 bits per heavy atom. The highest BCUT2D eigenvalue weighted by molar-refractivity contribution is 7.99. The molecule has 0 saturated heterocycles. The lowest BCUT2D eigenvalue weighted by Crippen LogP contribution is -2.14. The number of halogens is 2. The zero-order valence-corrected chi connectivity index (χ0v) is 17.9. The number of rotatable bonds is 6. The maximum atomic E-state index is 12.6. The third-order valence-corrected chi connectivity index (χ3v) is 7.89. The molecule has 2 heterocycles. The lowest BCUT2D eigenvalue weighted by Gasteiger charge is -2.07. The summed E-state index contributed by atoms with van der Waals surface area (Å²) in [5.74, 6) is -0.477. The van der Waals surface area contributed by atoms with Gasteiger partial charge in [-0.25, -0.2) is 18.4 Å². The van der Waals surface area contributed by atoms with Crippen LogP contribution in [-0.4, -0.2) is 30.0 Å². The molecule has 3 N–H and O–H groups in total. The van der Waals surface area contributed by atoms with Crippen molar-refractivity contribution in [2.45, 2.75) is 14.3 Å². The molecule has 1 aromatic carbocycles. The quantitative estimate of drug-likeness (QED) is 0.409. The van der Waals surface area contributed by atoms with Gasteiger partial charge in [-0.2, -0.15) is 0 Å². The SMILES string of the molecule is Nc1nc(SCC(=O)Nc2cccc(Cl)c2)ncc1S(=O)(=O)c1ccc(Cl)s1. The number of nitrogens with zero attached hydrogens (tertiary/aromatic N) is 2. The number of anilines is 2. The Morgan fingerprint density at radius 3 is 2.68 bits per heavy atom. The molecule has 0 fully saturated rings. The molecule has 28 heavy (non-hydrogen) atoms. The van der Waals surface area contributed by atoms with Crippen molar-refractivity contribution in [2.75, 3.05) is 16.8 Å². The molecule has 0 spiro atoms. The molecule has 0 aliphatic heterocycles. The number of amides is 1. The van der Waals surface area contributed by atoms with Gasteiger partial charge in [-0.3, -0.25) is 4.79 Å². The number of nitrogen functional groups attached to an aromatic ring is 1. The Kier molecular flexibility index (Phi) is 6.46. The Balaban J connectivity index is 1.68. The number of aromatic nitrogens is 2. The third kappa shape index (κ3) is 4.95. The number of nitrogens with two attached hydrogens (primary N) is 1. The number of nitrogens with one attached hydrogen (secondary N) is 1. The van der Waals surface area contributed by atoms with Gasteiger partial charge in [0.25, 0.3) is 0 Å². The van der Waals surface area contributed by atoms with Crippen LogP contribution in [0.4, 0.5) is 11.5 Å². The Hall–Kier alpha value is -1.85. The maximum absolute atomic E-state index is 12.6. The van der Waals surface area contributed by atoms with E-state index in [2.05, 4.69) is 15.3 Å². The lowest BCUT2D eigenvalue weighted by atomic mass is 10.3. The molecule has 2 aromatic heterocycles. The van der Waals surface area contributed by atoms with Gasteiger partial charge < -0.3 is 11.1 Å². The highest BCUT2D eigenvalue weighted by Gasteiger charge is 2.24. The van der Waals surface area contributed by atoms with Gasteiger partial charge in [-0.1, -0.05) is 41.0 Å². The normalized spacial score (nSPS) is 11.4. The van der Waals surface area contributed by atoms with Gasteiger partial charge in [0.1, 0.15) is 14.9 Å². The zero-order chi connectivity index (χ0) is 20.3. The van der Waals surface area contributed by atoms with Gasteiger partial charge in [0.2, 0.25) is 15.7 Å². The summed E-state index contributed by atoms with van der Waals surface area (Å²) in [5, 5.41) is 3.38. The number of benzene rings is 1. The van der Waals surface area contributed by atoms with E-state index in [0.717, 1.165) is 29.3 Å². The van der Waals surface area contributed by atoms with E-state index in [9.17, 15) is 13.2 Å². The Morgan fingerprint density at radius 1 is 1.25 bits per heavy atom. The number of carbonyl (C=O) groups excluding carboxylic acids is 1. The minimum Gasteiger partial charge on any atom is -0.382 e. The van der Waals surface area contributed by atoms with Crippen molar-refractivity contribution in [3.05, 3.63) is 52.0 Å². The molecule has 0 aliphatic carbocycles. The average Bonchev–Trinajstić information content (AvgIpc) is 3.07. The highest BCUT2D eigenvalue weighted by Crippen LogP contribution is 2.32. The lowest BCUT2D eigenvalue weighted by molar-refractivity contribution is -0.113. The Labute approximate surface area is 179 Å². The molecule has 3 aromatic rings. The summed E-state index contributed by atoms with van der Waals surface area (Å²) < 4.78 is 25.6. The highest BCUT2D eigenvalue weighted by atomic mass is 35.5. The first-order valence-corrected chi connectivity index (χ1v) is 11.6. The summed E-state index contributed by atoms with van der Waals surface area (Å²) in [6.45, 7) is 0. The van der Waals surface area contributed by atoms with E-state index < -0.39 is 9.84 Å². The van der Waals surface area contributed by atoms with Crippen molar-refractivity contribution >= 4 is 73.6 Å². The van der Waals surface area contributed by atoms with Crippen LogP contribution in [0.3, 0.4) is 0 Å². The van der Waals surface area contributed by atoms with Crippen LogP contribution >= 0.6 is 46.3 Å². The van der Waals surface area contributed by atoms with Gasteiger partial charge in [0, 0.05) is 10.7 Å². The van der Waals surface area contributed by atoms with Gasteiger partial charge in [-0.05, 0) is 30.3 Å². The number of thioether (sulfide) groups is 1. The van der Waals surface area contributed by atoms with Crippen molar-refractivity contribution in [3.8, 4) is 0 Å². The molecule has 1 amide bonds. The van der Waals surface area contributed by atoms with E-state index in [-0.39, 0.29) is 31.7 Å². The molecule has 3 rings (SSSR count). The van der Waals surface area contributed by atoms with Crippen LogP contribution in [0.2, 0.25) is 9.36 Å². The van der Waals surface area contributed by atoms with Crippen LogP contribution in [0.15, 0.2) is 56.9 Å². The number of carbonyl (C=O) groups is 1. The number of sulfone groups is 1. The van der Waals surface area contributed by atoms with Gasteiger partial charge >= 0.3 is 0 Å². The fourth-order valence-corrected chi connectivity index (χ4v) is 5.77. The van der Waals surface area contributed by atoms with Crippen LogP contribution in [0.5, 0.6) is 0 Å². The standard InChI is InChI=1S/C16H12Cl2N4O3S3/c17-9-2-1-3-10(6-9)21-13(23)8-26-16-20-7-11(15(19)22-16)28(24,25)14-5-4-12(18)27-14/h1-7H,8H2,(H,21,23)(H2,19,20,22). The fraction of sp³-hybridized carbons (Fsp3) is 0.0625. The van der Waals surface area contributed by atoms with Crippen LogP contribution in [-0.2, 0) is 14.6 Å². The van der Waals surface area contributed by atoms with Crippen LogP contribution in [0.1, 0.15) is 0 Å². The molecule has 0 radical (unpaired) electrons. The fourth-order valence-electron chi connectivity index (χ4n) is 2.09. The van der Waals surface area contributed by atoms with Crippen molar-refractivity contribution < 1.29 is 13.2 Å².